The van der Waals surface area contributed by atoms with Crippen LogP contribution in [0.4, 0.5) is 5.69 Å². The minimum atomic E-state index is -0.526. The summed E-state index contributed by atoms with van der Waals surface area (Å²) in [5.41, 5.74) is 3.88. The zero-order chi connectivity index (χ0) is 14.9. The number of fused-ring (bicyclic) bond motifs is 1. The largest absolute Gasteiger partial charge is 0.449 e. The molecule has 21 heavy (non-hydrogen) atoms. The van der Waals surface area contributed by atoms with Crippen LogP contribution < -0.4 is 5.32 Å². The van der Waals surface area contributed by atoms with Crippen molar-refractivity contribution in [2.45, 2.75) is 26.4 Å². The summed E-state index contributed by atoms with van der Waals surface area (Å²) in [5, 5.41) is 3.19. The Hall–Kier alpha value is -2.29. The summed E-state index contributed by atoms with van der Waals surface area (Å²) < 4.78 is 6.22. The Kier molecular flexibility index (Phi) is 3.42. The van der Waals surface area contributed by atoms with E-state index in [0.29, 0.717) is 6.02 Å². The van der Waals surface area contributed by atoms with Crippen LogP contribution in [0.3, 0.4) is 0 Å². The molecule has 0 radical (unpaired) electrons. The minimum absolute atomic E-state index is 0.526. The highest BCUT2D eigenvalue weighted by molar-refractivity contribution is 5.81. The standard InChI is InChI=1S/C18H20N2O/c1-4-19-17-20-16-11-10-13(2)12-15(16)18(3,21-17)14-8-6-5-7-9-14/h5-12H,4H2,1-3H3,(H,19,20). The van der Waals surface area contributed by atoms with Crippen LogP contribution in [0.1, 0.15) is 30.5 Å². The summed E-state index contributed by atoms with van der Waals surface area (Å²) in [7, 11) is 0. The summed E-state index contributed by atoms with van der Waals surface area (Å²) in [6.45, 7) is 7.02. The molecule has 0 spiro atoms. The SMILES string of the molecule is CCNC1=Nc2ccc(C)cc2C(C)(c2ccccc2)O1. The molecule has 1 unspecified atom stereocenters. The number of hydrogen-bond donors (Lipinski definition) is 1. The Morgan fingerprint density at radius 3 is 2.62 bits per heavy atom. The Morgan fingerprint density at radius 1 is 1.14 bits per heavy atom. The van der Waals surface area contributed by atoms with Gasteiger partial charge in [0.25, 0.3) is 6.02 Å². The van der Waals surface area contributed by atoms with Crippen LogP contribution in [0.2, 0.25) is 0 Å². The first-order valence-electron chi connectivity index (χ1n) is 7.31. The van der Waals surface area contributed by atoms with Gasteiger partial charge in [0.2, 0.25) is 0 Å². The van der Waals surface area contributed by atoms with Crippen LogP contribution in [0.15, 0.2) is 53.5 Å². The van der Waals surface area contributed by atoms with Crippen LogP contribution in [-0.4, -0.2) is 12.6 Å². The molecule has 0 saturated heterocycles. The molecule has 0 fully saturated rings. The van der Waals surface area contributed by atoms with Crippen LogP contribution in [-0.2, 0) is 10.3 Å². The number of ether oxygens (including phenoxy) is 1. The fourth-order valence-corrected chi connectivity index (χ4v) is 2.71. The van der Waals surface area contributed by atoms with Crippen molar-refractivity contribution >= 4 is 11.7 Å². The van der Waals surface area contributed by atoms with E-state index in [1.54, 1.807) is 0 Å². The number of nitrogens with zero attached hydrogens (tertiary/aromatic N) is 1. The zero-order valence-corrected chi connectivity index (χ0v) is 12.7. The van der Waals surface area contributed by atoms with Crippen molar-refractivity contribution in [1.82, 2.24) is 5.32 Å². The van der Waals surface area contributed by atoms with Crippen molar-refractivity contribution in [3.63, 3.8) is 0 Å². The lowest BCUT2D eigenvalue weighted by molar-refractivity contribution is 0.106. The Balaban J connectivity index is 2.18. The Bertz CT molecular complexity index is 679. The van der Waals surface area contributed by atoms with Gasteiger partial charge in [-0.3, -0.25) is 0 Å². The summed E-state index contributed by atoms with van der Waals surface area (Å²) in [4.78, 5) is 4.58. The van der Waals surface area contributed by atoms with E-state index in [-0.39, 0.29) is 0 Å². The second kappa shape index (κ2) is 5.24. The first kappa shape index (κ1) is 13.7. The monoisotopic (exact) mass is 280 g/mol. The van der Waals surface area contributed by atoms with Crippen molar-refractivity contribution in [2.75, 3.05) is 6.54 Å². The van der Waals surface area contributed by atoms with Crippen LogP contribution >= 0.6 is 0 Å². The fourth-order valence-electron chi connectivity index (χ4n) is 2.71. The Morgan fingerprint density at radius 2 is 1.90 bits per heavy atom. The molecule has 2 aromatic rings. The maximum atomic E-state index is 6.22. The van der Waals surface area contributed by atoms with E-state index >= 15 is 0 Å². The van der Waals surface area contributed by atoms with Gasteiger partial charge in [0.1, 0.15) is 0 Å². The normalized spacial score (nSPS) is 20.2. The number of aliphatic imine (C=N–C) groups is 1. The molecule has 3 heteroatoms. The molecule has 108 valence electrons. The number of hydrogen-bond acceptors (Lipinski definition) is 3. The molecular weight excluding hydrogens is 260 g/mol. The molecule has 1 atom stereocenters. The van der Waals surface area contributed by atoms with Crippen molar-refractivity contribution in [3.05, 3.63) is 65.2 Å². The molecule has 1 aliphatic heterocycles. The van der Waals surface area contributed by atoms with Crippen LogP contribution in [0.5, 0.6) is 0 Å². The van der Waals surface area contributed by atoms with Crippen molar-refractivity contribution in [2.24, 2.45) is 4.99 Å². The van der Waals surface area contributed by atoms with E-state index < -0.39 is 5.60 Å². The molecule has 3 nitrogen and oxygen atoms in total. The number of nitrogens with one attached hydrogen (secondary N) is 1. The van der Waals surface area contributed by atoms with E-state index in [2.05, 4.69) is 54.5 Å². The summed E-state index contributed by atoms with van der Waals surface area (Å²) in [5.74, 6) is 0. The molecule has 0 aliphatic carbocycles. The van der Waals surface area contributed by atoms with Crippen LogP contribution in [0.25, 0.3) is 0 Å². The minimum Gasteiger partial charge on any atom is -0.449 e. The second-order valence-electron chi connectivity index (χ2n) is 5.47. The van der Waals surface area contributed by atoms with Crippen LogP contribution in [0, 0.1) is 6.92 Å². The third-order valence-corrected chi connectivity index (χ3v) is 3.84. The van der Waals surface area contributed by atoms with Crippen molar-refractivity contribution < 1.29 is 4.74 Å². The average molecular weight is 280 g/mol. The zero-order valence-electron chi connectivity index (χ0n) is 12.7. The lowest BCUT2D eigenvalue weighted by Gasteiger charge is -2.36. The second-order valence-corrected chi connectivity index (χ2v) is 5.47. The maximum absolute atomic E-state index is 6.22. The van der Waals surface area contributed by atoms with E-state index in [9.17, 15) is 0 Å². The molecule has 0 bridgehead atoms. The summed E-state index contributed by atoms with van der Waals surface area (Å²) >= 11 is 0. The predicted molar refractivity (Wildman–Crippen MR) is 85.9 cm³/mol. The number of rotatable bonds is 2. The molecule has 3 rings (SSSR count). The highest BCUT2D eigenvalue weighted by Crippen LogP contribution is 2.42. The number of benzene rings is 2. The predicted octanol–water partition coefficient (Wildman–Crippen LogP) is 3.89. The summed E-state index contributed by atoms with van der Waals surface area (Å²) in [6, 6.07) is 17.2. The number of aryl methyl sites for hydroxylation is 1. The molecule has 1 heterocycles. The summed E-state index contributed by atoms with van der Waals surface area (Å²) in [6.07, 6.45) is 0. The van der Waals surface area contributed by atoms with Crippen molar-refractivity contribution in [1.29, 1.82) is 0 Å². The van der Waals surface area contributed by atoms with Gasteiger partial charge in [-0.05, 0) is 38.5 Å². The molecule has 0 aromatic heterocycles. The molecule has 2 aromatic carbocycles. The molecule has 1 N–H and O–H groups in total. The fraction of sp³-hybridized carbons (Fsp3) is 0.278. The molecule has 1 aliphatic rings. The lowest BCUT2D eigenvalue weighted by atomic mass is 9.85. The van der Waals surface area contributed by atoms with Gasteiger partial charge >= 0.3 is 0 Å². The average Bonchev–Trinajstić information content (AvgIpc) is 2.49. The van der Waals surface area contributed by atoms with E-state index in [1.165, 1.54) is 5.56 Å². The van der Waals surface area contributed by atoms with Gasteiger partial charge < -0.3 is 10.1 Å². The topological polar surface area (TPSA) is 33.6 Å². The molecule has 0 saturated carbocycles. The van der Waals surface area contributed by atoms with E-state index in [4.69, 9.17) is 4.74 Å². The van der Waals surface area contributed by atoms with Gasteiger partial charge in [-0.25, -0.2) is 0 Å². The lowest BCUT2D eigenvalue weighted by Crippen LogP contribution is -2.39. The highest BCUT2D eigenvalue weighted by Gasteiger charge is 2.37. The van der Waals surface area contributed by atoms with Gasteiger partial charge in [0.05, 0.1) is 5.69 Å². The van der Waals surface area contributed by atoms with Crippen molar-refractivity contribution in [3.8, 4) is 0 Å². The third-order valence-electron chi connectivity index (χ3n) is 3.84. The number of amidine groups is 1. The maximum Gasteiger partial charge on any atom is 0.291 e. The quantitative estimate of drug-likeness (QED) is 0.905. The first-order chi connectivity index (χ1) is 10.1. The van der Waals surface area contributed by atoms with E-state index in [1.807, 2.05) is 25.1 Å². The van der Waals surface area contributed by atoms with Gasteiger partial charge in [-0.2, -0.15) is 4.99 Å². The third kappa shape index (κ3) is 2.40. The van der Waals surface area contributed by atoms with Gasteiger partial charge in [0, 0.05) is 12.1 Å². The van der Waals surface area contributed by atoms with E-state index in [0.717, 1.165) is 23.4 Å². The van der Waals surface area contributed by atoms with Gasteiger partial charge in [0.15, 0.2) is 5.60 Å². The smallest absolute Gasteiger partial charge is 0.291 e. The van der Waals surface area contributed by atoms with Gasteiger partial charge in [-0.15, -0.1) is 0 Å². The first-order valence-corrected chi connectivity index (χ1v) is 7.31. The Labute approximate surface area is 125 Å². The molecular formula is C18H20N2O. The van der Waals surface area contributed by atoms with Gasteiger partial charge in [-0.1, -0.05) is 42.0 Å². The highest BCUT2D eigenvalue weighted by atomic mass is 16.5. The molecule has 0 amide bonds.